The van der Waals surface area contributed by atoms with Crippen molar-refractivity contribution >= 4 is 5.69 Å². The molecule has 21 heavy (non-hydrogen) atoms. The number of hydrogen-bond acceptors (Lipinski definition) is 4. The van der Waals surface area contributed by atoms with E-state index in [4.69, 9.17) is 10.5 Å². The van der Waals surface area contributed by atoms with E-state index in [0.29, 0.717) is 5.92 Å². The molecular weight excluding hydrogens is 264 g/mol. The van der Waals surface area contributed by atoms with Crippen molar-refractivity contribution in [2.75, 3.05) is 25.4 Å². The van der Waals surface area contributed by atoms with Crippen LogP contribution in [0.25, 0.3) is 11.3 Å². The zero-order chi connectivity index (χ0) is 14.7. The number of nitrogens with two attached hydrogens (primary N) is 1. The molecule has 0 unspecified atom stereocenters. The molecule has 3 rings (SSSR count). The van der Waals surface area contributed by atoms with Crippen LogP contribution in [-0.4, -0.2) is 29.5 Å². The van der Waals surface area contributed by atoms with Crippen molar-refractivity contribution in [2.24, 2.45) is 13.0 Å². The second-order valence-electron chi connectivity index (χ2n) is 5.60. The van der Waals surface area contributed by atoms with Crippen molar-refractivity contribution in [2.45, 2.75) is 12.8 Å². The second-order valence-corrected chi connectivity index (χ2v) is 5.60. The summed E-state index contributed by atoms with van der Waals surface area (Å²) in [6.45, 7) is 2.94. The van der Waals surface area contributed by atoms with Gasteiger partial charge >= 0.3 is 0 Å². The molecule has 1 aliphatic heterocycles. The average Bonchev–Trinajstić information content (AvgIpc) is 2.93. The first-order valence-electron chi connectivity index (χ1n) is 7.45. The molecule has 5 nitrogen and oxygen atoms in total. The van der Waals surface area contributed by atoms with E-state index in [1.807, 2.05) is 36.0 Å². The number of anilines is 1. The topological polar surface area (TPSA) is 65.1 Å². The van der Waals surface area contributed by atoms with E-state index in [-0.39, 0.29) is 0 Å². The Morgan fingerprint density at radius 3 is 2.86 bits per heavy atom. The van der Waals surface area contributed by atoms with Crippen LogP contribution in [0.4, 0.5) is 5.69 Å². The number of aryl methyl sites for hydroxylation is 1. The summed E-state index contributed by atoms with van der Waals surface area (Å²) in [5.74, 6) is 1.51. The summed E-state index contributed by atoms with van der Waals surface area (Å²) < 4.78 is 7.93. The Kier molecular flexibility index (Phi) is 4.10. The molecule has 2 aromatic rings. The summed E-state index contributed by atoms with van der Waals surface area (Å²) in [4.78, 5) is 0. The number of piperidine rings is 1. The third kappa shape index (κ3) is 3.19. The van der Waals surface area contributed by atoms with Gasteiger partial charge in [-0.3, -0.25) is 4.68 Å². The molecule has 1 aliphatic rings. The first kappa shape index (κ1) is 13.9. The molecule has 2 heterocycles. The van der Waals surface area contributed by atoms with Gasteiger partial charge in [-0.2, -0.15) is 5.10 Å². The van der Waals surface area contributed by atoms with Crippen LogP contribution < -0.4 is 15.8 Å². The molecule has 1 saturated heterocycles. The fourth-order valence-electron chi connectivity index (χ4n) is 2.77. The minimum absolute atomic E-state index is 0.628. The van der Waals surface area contributed by atoms with E-state index in [1.165, 1.54) is 12.8 Å². The maximum Gasteiger partial charge on any atom is 0.128 e. The van der Waals surface area contributed by atoms with Crippen molar-refractivity contribution in [1.82, 2.24) is 15.1 Å². The van der Waals surface area contributed by atoms with Crippen LogP contribution in [0.15, 0.2) is 30.5 Å². The number of ether oxygens (including phenoxy) is 1. The minimum atomic E-state index is 0.628. The molecule has 1 aromatic carbocycles. The number of benzene rings is 1. The predicted octanol–water partition coefficient (Wildman–Crippen LogP) is 2.05. The van der Waals surface area contributed by atoms with Gasteiger partial charge in [0.25, 0.3) is 0 Å². The van der Waals surface area contributed by atoms with Gasteiger partial charge < -0.3 is 15.8 Å². The van der Waals surface area contributed by atoms with Gasteiger partial charge in [0.2, 0.25) is 0 Å². The van der Waals surface area contributed by atoms with Gasteiger partial charge in [0.15, 0.2) is 0 Å². The van der Waals surface area contributed by atoms with Crippen molar-refractivity contribution < 1.29 is 4.74 Å². The lowest BCUT2D eigenvalue weighted by Crippen LogP contribution is -2.30. The van der Waals surface area contributed by atoms with E-state index in [0.717, 1.165) is 42.4 Å². The molecular formula is C16H22N4O. The standard InChI is InChI=1S/C16H22N4O/c1-20-15(6-9-19-20)14-10-13(17)2-3-16(14)21-11-12-4-7-18-8-5-12/h2-3,6,9-10,12,18H,4-5,7-8,11,17H2,1H3. The quantitative estimate of drug-likeness (QED) is 0.844. The Hall–Kier alpha value is -2.01. The highest BCUT2D eigenvalue weighted by Crippen LogP contribution is 2.32. The molecule has 0 saturated carbocycles. The molecule has 0 aliphatic carbocycles. The number of aromatic nitrogens is 2. The Morgan fingerprint density at radius 1 is 1.33 bits per heavy atom. The Bertz CT molecular complexity index is 602. The van der Waals surface area contributed by atoms with Crippen molar-refractivity contribution in [1.29, 1.82) is 0 Å². The third-order valence-corrected chi connectivity index (χ3v) is 4.03. The van der Waals surface area contributed by atoms with Gasteiger partial charge in [-0.25, -0.2) is 0 Å². The van der Waals surface area contributed by atoms with Crippen LogP contribution in [0.2, 0.25) is 0 Å². The third-order valence-electron chi connectivity index (χ3n) is 4.03. The molecule has 0 spiro atoms. The largest absolute Gasteiger partial charge is 0.493 e. The number of nitrogens with zero attached hydrogens (tertiary/aromatic N) is 2. The fourth-order valence-corrected chi connectivity index (χ4v) is 2.77. The first-order chi connectivity index (χ1) is 10.2. The van der Waals surface area contributed by atoms with Crippen molar-refractivity contribution in [3.05, 3.63) is 30.5 Å². The van der Waals surface area contributed by atoms with Crippen molar-refractivity contribution in [3.63, 3.8) is 0 Å². The highest BCUT2D eigenvalue weighted by molar-refractivity contribution is 5.71. The molecule has 0 radical (unpaired) electrons. The maximum absolute atomic E-state index is 6.09. The first-order valence-corrected chi connectivity index (χ1v) is 7.45. The number of rotatable bonds is 4. The van der Waals surface area contributed by atoms with E-state index in [2.05, 4.69) is 10.4 Å². The number of nitrogens with one attached hydrogen (secondary N) is 1. The summed E-state index contributed by atoms with van der Waals surface area (Å²) in [5, 5.41) is 7.60. The summed E-state index contributed by atoms with van der Waals surface area (Å²) in [5.41, 5.74) is 8.69. The molecule has 1 aromatic heterocycles. The van der Waals surface area contributed by atoms with Gasteiger partial charge in [0.1, 0.15) is 5.75 Å². The van der Waals surface area contributed by atoms with Gasteiger partial charge in [-0.05, 0) is 56.1 Å². The smallest absolute Gasteiger partial charge is 0.128 e. The van der Waals surface area contributed by atoms with Gasteiger partial charge in [0, 0.05) is 24.5 Å². The number of hydrogen-bond donors (Lipinski definition) is 2. The number of nitrogen functional groups attached to an aromatic ring is 1. The molecule has 1 fully saturated rings. The summed E-state index contributed by atoms with van der Waals surface area (Å²) in [7, 11) is 1.93. The van der Waals surface area contributed by atoms with Crippen LogP contribution in [0.5, 0.6) is 5.75 Å². The molecule has 112 valence electrons. The lowest BCUT2D eigenvalue weighted by atomic mass is 9.99. The molecule has 0 bridgehead atoms. The lowest BCUT2D eigenvalue weighted by molar-refractivity contribution is 0.216. The average molecular weight is 286 g/mol. The van der Waals surface area contributed by atoms with Crippen LogP contribution >= 0.6 is 0 Å². The zero-order valence-electron chi connectivity index (χ0n) is 12.4. The second kappa shape index (κ2) is 6.18. The summed E-state index contributed by atoms with van der Waals surface area (Å²) in [6.07, 6.45) is 4.14. The SMILES string of the molecule is Cn1nccc1-c1cc(N)ccc1OCC1CCNCC1. The van der Waals surface area contributed by atoms with E-state index < -0.39 is 0 Å². The zero-order valence-corrected chi connectivity index (χ0v) is 12.4. The molecule has 5 heteroatoms. The van der Waals surface area contributed by atoms with Gasteiger partial charge in [0.05, 0.1) is 12.3 Å². The van der Waals surface area contributed by atoms with Crippen LogP contribution in [0.1, 0.15) is 12.8 Å². The monoisotopic (exact) mass is 286 g/mol. The molecule has 0 atom stereocenters. The summed E-state index contributed by atoms with van der Waals surface area (Å²) >= 11 is 0. The fraction of sp³-hybridized carbons (Fsp3) is 0.438. The highest BCUT2D eigenvalue weighted by Gasteiger charge is 2.16. The van der Waals surface area contributed by atoms with E-state index in [1.54, 1.807) is 6.20 Å². The maximum atomic E-state index is 6.09. The Labute approximate surface area is 125 Å². The Morgan fingerprint density at radius 2 is 2.14 bits per heavy atom. The highest BCUT2D eigenvalue weighted by atomic mass is 16.5. The minimum Gasteiger partial charge on any atom is -0.493 e. The van der Waals surface area contributed by atoms with Crippen LogP contribution in [0.3, 0.4) is 0 Å². The predicted molar refractivity (Wildman–Crippen MR) is 84.1 cm³/mol. The van der Waals surface area contributed by atoms with Crippen LogP contribution in [0, 0.1) is 5.92 Å². The lowest BCUT2D eigenvalue weighted by Gasteiger charge is -2.23. The van der Waals surface area contributed by atoms with E-state index >= 15 is 0 Å². The van der Waals surface area contributed by atoms with Crippen molar-refractivity contribution in [3.8, 4) is 17.0 Å². The van der Waals surface area contributed by atoms with Gasteiger partial charge in [-0.1, -0.05) is 0 Å². The molecule has 0 amide bonds. The summed E-state index contributed by atoms with van der Waals surface area (Å²) in [6, 6.07) is 7.78. The van der Waals surface area contributed by atoms with Crippen LogP contribution in [-0.2, 0) is 7.05 Å². The van der Waals surface area contributed by atoms with E-state index in [9.17, 15) is 0 Å². The normalized spacial score (nSPS) is 16.0. The molecule has 3 N–H and O–H groups in total. The Balaban J connectivity index is 1.79. The van der Waals surface area contributed by atoms with Gasteiger partial charge in [-0.15, -0.1) is 0 Å².